The number of carbonyl (C=O) groups excluding carboxylic acids is 1. The lowest BCUT2D eigenvalue weighted by molar-refractivity contribution is -0.151. The third kappa shape index (κ3) is 6.68. The Bertz CT molecular complexity index is 182. The minimum Gasteiger partial charge on any atom is -0.772 e. The van der Waals surface area contributed by atoms with Crippen molar-refractivity contribution in [2.24, 2.45) is 0 Å². The van der Waals surface area contributed by atoms with Crippen LogP contribution < -0.4 is 0 Å². The molecule has 0 aliphatic heterocycles. The van der Waals surface area contributed by atoms with E-state index in [0.29, 0.717) is 12.8 Å². The number of aliphatic hydroxyl groups excluding tert-OH is 1. The van der Waals surface area contributed by atoms with Gasteiger partial charge in [-0.2, -0.15) is 0 Å². The maximum absolute atomic E-state index is 10.7. The third-order valence-electron chi connectivity index (χ3n) is 1.55. The molecule has 0 rings (SSSR count). The molecule has 0 aliphatic carbocycles. The van der Waals surface area contributed by atoms with Gasteiger partial charge in [-0.3, -0.25) is 9.00 Å². The summed E-state index contributed by atoms with van der Waals surface area (Å²) in [6.07, 6.45) is 1.02. The lowest BCUT2D eigenvalue weighted by Gasteiger charge is -2.13. The van der Waals surface area contributed by atoms with Gasteiger partial charge < -0.3 is 14.4 Å². The van der Waals surface area contributed by atoms with Crippen LogP contribution in [-0.2, 0) is 20.6 Å². The van der Waals surface area contributed by atoms with Gasteiger partial charge >= 0.3 is 5.97 Å². The second kappa shape index (κ2) is 6.99. The van der Waals surface area contributed by atoms with Crippen LogP contribution in [0.3, 0.4) is 0 Å². The lowest BCUT2D eigenvalue weighted by Crippen LogP contribution is -2.11. The first kappa shape index (κ1) is 12.5. The van der Waals surface area contributed by atoms with Gasteiger partial charge in [0.15, 0.2) is 6.79 Å². The molecule has 5 nitrogen and oxygen atoms in total. The molecule has 2 atom stereocenters. The number of esters is 1. The lowest BCUT2D eigenvalue weighted by atomic mass is 10.2. The summed E-state index contributed by atoms with van der Waals surface area (Å²) in [5.41, 5.74) is 0. The third-order valence-corrected chi connectivity index (χ3v) is 2.44. The second-order valence-electron chi connectivity index (χ2n) is 2.61. The normalized spacial score (nSPS) is 15.0. The van der Waals surface area contributed by atoms with Crippen LogP contribution in [0.25, 0.3) is 0 Å². The van der Waals surface area contributed by atoms with E-state index in [0.717, 1.165) is 0 Å². The van der Waals surface area contributed by atoms with Crippen molar-refractivity contribution >= 4 is 17.0 Å². The van der Waals surface area contributed by atoms with Gasteiger partial charge in [0, 0.05) is 11.7 Å². The number of carbonyl (C=O) groups is 1. The Morgan fingerprint density at radius 1 is 1.69 bits per heavy atom. The first-order valence-electron chi connectivity index (χ1n) is 3.92. The summed E-state index contributed by atoms with van der Waals surface area (Å²) in [4.78, 5) is 10.7. The van der Waals surface area contributed by atoms with Gasteiger partial charge in [-0.25, -0.2) is 0 Å². The molecule has 0 saturated heterocycles. The molecule has 0 aromatic carbocycles. The molecule has 0 heterocycles. The Morgan fingerprint density at radius 3 is 2.77 bits per heavy atom. The maximum atomic E-state index is 10.7. The van der Waals surface area contributed by atoms with Crippen molar-refractivity contribution in [1.29, 1.82) is 0 Å². The van der Waals surface area contributed by atoms with Crippen LogP contribution in [0.15, 0.2) is 0 Å². The molecular formula is C7H13O5S-. The summed E-state index contributed by atoms with van der Waals surface area (Å²) in [5.74, 6) is -0.508. The van der Waals surface area contributed by atoms with Gasteiger partial charge in [0.25, 0.3) is 0 Å². The zero-order valence-corrected chi connectivity index (χ0v) is 8.21. The molecule has 2 unspecified atom stereocenters. The predicted octanol–water partition coefficient (Wildman–Crippen LogP) is -0.0827. The molecule has 6 heteroatoms. The van der Waals surface area contributed by atoms with Gasteiger partial charge in [0.1, 0.15) is 0 Å². The number of rotatable bonds is 6. The molecule has 1 N–H and O–H groups in total. The van der Waals surface area contributed by atoms with E-state index in [4.69, 9.17) is 5.11 Å². The first-order chi connectivity index (χ1) is 6.07. The minimum absolute atomic E-state index is 0.141. The molecule has 0 saturated carbocycles. The van der Waals surface area contributed by atoms with Crippen LogP contribution in [0.2, 0.25) is 0 Å². The highest BCUT2D eigenvalue weighted by atomic mass is 32.2. The van der Waals surface area contributed by atoms with E-state index in [1.807, 2.05) is 0 Å². The molecular weight excluding hydrogens is 196 g/mol. The summed E-state index contributed by atoms with van der Waals surface area (Å²) in [6.45, 7) is 0.947. The molecule has 0 radical (unpaired) electrons. The molecule has 0 aromatic rings. The highest BCUT2D eigenvalue weighted by Crippen LogP contribution is 2.05. The molecule has 0 aliphatic rings. The van der Waals surface area contributed by atoms with Gasteiger partial charge in [-0.1, -0.05) is 18.0 Å². The molecule has 0 amide bonds. The fourth-order valence-corrected chi connectivity index (χ4v) is 1.13. The van der Waals surface area contributed by atoms with Gasteiger partial charge in [0.05, 0.1) is 0 Å². The van der Waals surface area contributed by atoms with E-state index in [-0.39, 0.29) is 6.42 Å². The quantitative estimate of drug-likeness (QED) is 0.375. The summed E-state index contributed by atoms with van der Waals surface area (Å²) in [7, 11) is 0. The van der Waals surface area contributed by atoms with Crippen molar-refractivity contribution in [2.75, 3.05) is 6.79 Å². The van der Waals surface area contributed by atoms with E-state index >= 15 is 0 Å². The smallest absolute Gasteiger partial charge is 0.307 e. The number of aliphatic hydroxyl groups is 1. The van der Waals surface area contributed by atoms with Crippen LogP contribution in [0.1, 0.15) is 26.2 Å². The summed E-state index contributed by atoms with van der Waals surface area (Å²) in [6, 6.07) is 0. The van der Waals surface area contributed by atoms with Crippen molar-refractivity contribution < 1.29 is 23.4 Å². The maximum Gasteiger partial charge on any atom is 0.307 e. The van der Waals surface area contributed by atoms with E-state index in [1.165, 1.54) is 0 Å². The first-order valence-corrected chi connectivity index (χ1v) is 5.06. The monoisotopic (exact) mass is 209 g/mol. The van der Waals surface area contributed by atoms with Gasteiger partial charge in [0.2, 0.25) is 0 Å². The minimum atomic E-state index is -2.08. The topological polar surface area (TPSA) is 86.7 Å². The van der Waals surface area contributed by atoms with Crippen LogP contribution in [-0.4, -0.2) is 31.9 Å². The fraction of sp³-hybridized carbons (Fsp3) is 0.857. The molecule has 0 fully saturated rings. The zero-order chi connectivity index (χ0) is 10.3. The highest BCUT2D eigenvalue weighted by Gasteiger charge is 2.05. The number of hydrogen-bond donors (Lipinski definition) is 1. The van der Waals surface area contributed by atoms with Gasteiger partial charge in [-0.05, 0) is 12.8 Å². The molecule has 0 spiro atoms. The van der Waals surface area contributed by atoms with Crippen molar-refractivity contribution in [2.45, 2.75) is 31.4 Å². The highest BCUT2D eigenvalue weighted by molar-refractivity contribution is 7.79. The average Bonchev–Trinajstić information content (AvgIpc) is 2.04. The SMILES string of the molecule is CC(CCCC(=O)OCO)S(=O)[O-]. The van der Waals surface area contributed by atoms with Crippen molar-refractivity contribution in [1.82, 2.24) is 0 Å². The zero-order valence-electron chi connectivity index (χ0n) is 7.39. The summed E-state index contributed by atoms with van der Waals surface area (Å²) in [5, 5.41) is 7.75. The fourth-order valence-electron chi connectivity index (χ4n) is 0.774. The number of hydrogen-bond acceptors (Lipinski definition) is 5. The van der Waals surface area contributed by atoms with Crippen LogP contribution in [0.4, 0.5) is 0 Å². The Balaban J connectivity index is 3.44. The molecule has 0 bridgehead atoms. The van der Waals surface area contributed by atoms with Crippen molar-refractivity contribution in [3.05, 3.63) is 0 Å². The predicted molar refractivity (Wildman–Crippen MR) is 45.4 cm³/mol. The standard InChI is InChI=1S/C7H14O5S/c1-6(13(10)11)3-2-4-7(9)12-5-8/h6,8H,2-5H2,1H3,(H,10,11)/p-1. The van der Waals surface area contributed by atoms with E-state index in [2.05, 4.69) is 4.74 Å². The second-order valence-corrected chi connectivity index (χ2v) is 3.93. The van der Waals surface area contributed by atoms with Crippen LogP contribution >= 0.6 is 0 Å². The molecule has 13 heavy (non-hydrogen) atoms. The van der Waals surface area contributed by atoms with Crippen LogP contribution in [0.5, 0.6) is 0 Å². The Labute approximate surface area is 79.4 Å². The molecule has 78 valence electrons. The van der Waals surface area contributed by atoms with E-state index in [9.17, 15) is 13.6 Å². The largest absolute Gasteiger partial charge is 0.772 e. The van der Waals surface area contributed by atoms with Crippen molar-refractivity contribution in [3.63, 3.8) is 0 Å². The van der Waals surface area contributed by atoms with E-state index in [1.54, 1.807) is 6.92 Å². The van der Waals surface area contributed by atoms with Crippen molar-refractivity contribution in [3.8, 4) is 0 Å². The summed E-state index contributed by atoms with van der Waals surface area (Å²) < 4.78 is 24.9. The Hall–Kier alpha value is -0.460. The Kier molecular flexibility index (Phi) is 6.75. The summed E-state index contributed by atoms with van der Waals surface area (Å²) >= 11 is -2.08. The number of ether oxygens (including phenoxy) is 1. The Morgan fingerprint density at radius 2 is 2.31 bits per heavy atom. The average molecular weight is 209 g/mol. The van der Waals surface area contributed by atoms with Gasteiger partial charge in [-0.15, -0.1) is 0 Å². The van der Waals surface area contributed by atoms with E-state index < -0.39 is 29.1 Å². The molecule has 0 aromatic heterocycles. The van der Waals surface area contributed by atoms with Crippen LogP contribution in [0, 0.1) is 0 Å².